The van der Waals surface area contributed by atoms with E-state index in [-0.39, 0.29) is 6.10 Å². The van der Waals surface area contributed by atoms with E-state index in [1.54, 1.807) is 0 Å². The molecule has 0 fully saturated rings. The summed E-state index contributed by atoms with van der Waals surface area (Å²) in [6, 6.07) is 17.8. The average molecular weight is 255 g/mol. The molecule has 0 aliphatic rings. The Balaban J connectivity index is 2.05. The van der Waals surface area contributed by atoms with E-state index < -0.39 is 6.09 Å². The number of carbonyl (C=O) groups is 1. The molecule has 2 aromatic rings. The minimum Gasteiger partial charge on any atom is -0.447 e. The van der Waals surface area contributed by atoms with Gasteiger partial charge in [0.05, 0.1) is 6.10 Å². The van der Waals surface area contributed by atoms with Gasteiger partial charge in [-0.15, -0.1) is 0 Å². The zero-order chi connectivity index (χ0) is 13.7. The second-order valence-corrected chi connectivity index (χ2v) is 4.52. The van der Waals surface area contributed by atoms with Crippen LogP contribution in [0.25, 0.3) is 11.1 Å². The molecule has 98 valence electrons. The summed E-state index contributed by atoms with van der Waals surface area (Å²) < 4.78 is 5.02. The smallest absolute Gasteiger partial charge is 0.411 e. The molecule has 0 saturated carbocycles. The molecule has 0 aromatic heterocycles. The number of carbonyl (C=O) groups excluding carboxylic acids is 1. The summed E-state index contributed by atoms with van der Waals surface area (Å²) in [5.74, 6) is 0. The second kappa shape index (κ2) is 6.05. The molecule has 3 heteroatoms. The Bertz CT molecular complexity index is 532. The molecule has 0 saturated heterocycles. The summed E-state index contributed by atoms with van der Waals surface area (Å²) in [5.41, 5.74) is 2.99. The molecule has 1 N–H and O–H groups in total. The molecule has 3 nitrogen and oxygen atoms in total. The van der Waals surface area contributed by atoms with Gasteiger partial charge in [-0.1, -0.05) is 42.5 Å². The molecule has 0 aliphatic carbocycles. The zero-order valence-corrected chi connectivity index (χ0v) is 11.1. The lowest BCUT2D eigenvalue weighted by molar-refractivity contribution is 0.130. The highest BCUT2D eigenvalue weighted by Gasteiger charge is 2.05. The SMILES string of the molecule is CC(C)OC(=O)Nc1ccc(-c2ccccc2)cc1. The Morgan fingerprint density at radius 3 is 2.11 bits per heavy atom. The van der Waals surface area contributed by atoms with Gasteiger partial charge in [-0.3, -0.25) is 5.32 Å². The van der Waals surface area contributed by atoms with Crippen LogP contribution >= 0.6 is 0 Å². The molecule has 0 unspecified atom stereocenters. The summed E-state index contributed by atoms with van der Waals surface area (Å²) in [6.07, 6.45) is -0.550. The lowest BCUT2D eigenvalue weighted by Gasteiger charge is -2.10. The van der Waals surface area contributed by atoms with E-state index in [1.165, 1.54) is 0 Å². The van der Waals surface area contributed by atoms with E-state index in [0.29, 0.717) is 0 Å². The largest absolute Gasteiger partial charge is 0.447 e. The van der Waals surface area contributed by atoms with E-state index >= 15 is 0 Å². The van der Waals surface area contributed by atoms with Gasteiger partial charge in [-0.05, 0) is 37.1 Å². The van der Waals surface area contributed by atoms with E-state index in [2.05, 4.69) is 17.4 Å². The van der Waals surface area contributed by atoms with Crippen LogP contribution in [0.2, 0.25) is 0 Å². The van der Waals surface area contributed by atoms with Gasteiger partial charge in [0.25, 0.3) is 0 Å². The molecular formula is C16H17NO2. The van der Waals surface area contributed by atoms with Gasteiger partial charge in [-0.25, -0.2) is 4.79 Å². The van der Waals surface area contributed by atoms with Gasteiger partial charge in [0.1, 0.15) is 0 Å². The Morgan fingerprint density at radius 1 is 0.947 bits per heavy atom. The fourth-order valence-electron chi connectivity index (χ4n) is 1.74. The summed E-state index contributed by atoms with van der Waals surface area (Å²) in [4.78, 5) is 11.4. The number of nitrogens with one attached hydrogen (secondary N) is 1. The van der Waals surface area contributed by atoms with Crippen molar-refractivity contribution in [3.63, 3.8) is 0 Å². The standard InChI is InChI=1S/C16H17NO2/c1-12(2)19-16(18)17-15-10-8-14(9-11-15)13-6-4-3-5-7-13/h3-12H,1-2H3,(H,17,18). The average Bonchev–Trinajstić information content (AvgIpc) is 2.39. The van der Waals surface area contributed by atoms with Crippen LogP contribution in [-0.2, 0) is 4.74 Å². The van der Waals surface area contributed by atoms with Crippen LogP contribution in [0.3, 0.4) is 0 Å². The van der Waals surface area contributed by atoms with E-state index in [9.17, 15) is 4.79 Å². The molecular weight excluding hydrogens is 238 g/mol. The highest BCUT2D eigenvalue weighted by atomic mass is 16.6. The lowest BCUT2D eigenvalue weighted by Crippen LogP contribution is -2.17. The summed E-state index contributed by atoms with van der Waals surface area (Å²) in [5, 5.41) is 2.69. The fraction of sp³-hybridized carbons (Fsp3) is 0.188. The van der Waals surface area contributed by atoms with Crippen molar-refractivity contribution in [3.05, 3.63) is 54.6 Å². The van der Waals surface area contributed by atoms with Crippen LogP contribution in [0.5, 0.6) is 0 Å². The van der Waals surface area contributed by atoms with Gasteiger partial charge in [0, 0.05) is 5.69 Å². The molecule has 0 atom stereocenters. The fourth-order valence-corrected chi connectivity index (χ4v) is 1.74. The first kappa shape index (κ1) is 13.1. The van der Waals surface area contributed by atoms with Crippen LogP contribution in [0.4, 0.5) is 10.5 Å². The normalized spacial score (nSPS) is 10.3. The van der Waals surface area contributed by atoms with Crippen molar-refractivity contribution in [2.75, 3.05) is 5.32 Å². The minimum atomic E-state index is -0.428. The third-order valence-corrected chi connectivity index (χ3v) is 2.58. The first-order valence-electron chi connectivity index (χ1n) is 6.28. The van der Waals surface area contributed by atoms with Gasteiger partial charge >= 0.3 is 6.09 Å². The molecule has 2 rings (SSSR count). The van der Waals surface area contributed by atoms with Crippen molar-refractivity contribution in [1.29, 1.82) is 0 Å². The molecule has 0 radical (unpaired) electrons. The summed E-state index contributed by atoms with van der Waals surface area (Å²) in [6.45, 7) is 3.64. The number of hydrogen-bond acceptors (Lipinski definition) is 2. The van der Waals surface area contributed by atoms with Gasteiger partial charge in [0.2, 0.25) is 0 Å². The first-order chi connectivity index (χ1) is 9.15. The monoisotopic (exact) mass is 255 g/mol. The molecule has 0 spiro atoms. The Morgan fingerprint density at radius 2 is 1.53 bits per heavy atom. The Labute approximate surface area is 113 Å². The lowest BCUT2D eigenvalue weighted by atomic mass is 10.1. The molecule has 0 heterocycles. The molecule has 0 bridgehead atoms. The van der Waals surface area contributed by atoms with Crippen molar-refractivity contribution in [2.45, 2.75) is 20.0 Å². The van der Waals surface area contributed by atoms with Crippen LogP contribution in [0.15, 0.2) is 54.6 Å². The number of hydrogen-bond donors (Lipinski definition) is 1. The van der Waals surface area contributed by atoms with E-state index in [1.807, 2.05) is 56.3 Å². The van der Waals surface area contributed by atoms with Crippen molar-refractivity contribution in [1.82, 2.24) is 0 Å². The van der Waals surface area contributed by atoms with E-state index in [4.69, 9.17) is 4.74 Å². The van der Waals surface area contributed by atoms with Crippen molar-refractivity contribution >= 4 is 11.8 Å². The number of amides is 1. The predicted octanol–water partition coefficient (Wildman–Crippen LogP) is 4.31. The Kier molecular flexibility index (Phi) is 4.18. The summed E-state index contributed by atoms with van der Waals surface area (Å²) in [7, 11) is 0. The topological polar surface area (TPSA) is 38.3 Å². The first-order valence-corrected chi connectivity index (χ1v) is 6.28. The van der Waals surface area contributed by atoms with Gasteiger partial charge in [-0.2, -0.15) is 0 Å². The van der Waals surface area contributed by atoms with Crippen molar-refractivity contribution in [2.24, 2.45) is 0 Å². The minimum absolute atomic E-state index is 0.122. The number of rotatable bonds is 3. The van der Waals surface area contributed by atoms with Crippen LogP contribution < -0.4 is 5.32 Å². The summed E-state index contributed by atoms with van der Waals surface area (Å²) >= 11 is 0. The van der Waals surface area contributed by atoms with E-state index in [0.717, 1.165) is 16.8 Å². The van der Waals surface area contributed by atoms with Crippen molar-refractivity contribution in [3.8, 4) is 11.1 Å². The third-order valence-electron chi connectivity index (χ3n) is 2.58. The highest BCUT2D eigenvalue weighted by Crippen LogP contribution is 2.21. The van der Waals surface area contributed by atoms with Crippen LogP contribution in [0.1, 0.15) is 13.8 Å². The molecule has 0 aliphatic heterocycles. The number of ether oxygens (including phenoxy) is 1. The molecule has 19 heavy (non-hydrogen) atoms. The second-order valence-electron chi connectivity index (χ2n) is 4.52. The van der Waals surface area contributed by atoms with Crippen molar-refractivity contribution < 1.29 is 9.53 Å². The molecule has 1 amide bonds. The number of benzene rings is 2. The van der Waals surface area contributed by atoms with Gasteiger partial charge < -0.3 is 4.74 Å². The Hall–Kier alpha value is -2.29. The zero-order valence-electron chi connectivity index (χ0n) is 11.1. The quantitative estimate of drug-likeness (QED) is 0.887. The highest BCUT2D eigenvalue weighted by molar-refractivity contribution is 5.85. The maximum atomic E-state index is 11.4. The number of anilines is 1. The maximum absolute atomic E-state index is 11.4. The van der Waals surface area contributed by atoms with Crippen LogP contribution in [0, 0.1) is 0 Å². The predicted molar refractivity (Wildman–Crippen MR) is 77.1 cm³/mol. The van der Waals surface area contributed by atoms with Crippen LogP contribution in [-0.4, -0.2) is 12.2 Å². The molecule has 2 aromatic carbocycles. The maximum Gasteiger partial charge on any atom is 0.411 e. The third kappa shape index (κ3) is 3.85. The van der Waals surface area contributed by atoms with Gasteiger partial charge in [0.15, 0.2) is 0 Å².